The summed E-state index contributed by atoms with van der Waals surface area (Å²) < 4.78 is 5.41. The van der Waals surface area contributed by atoms with Crippen LogP contribution in [0.2, 0.25) is 0 Å². The van der Waals surface area contributed by atoms with Gasteiger partial charge in [-0.3, -0.25) is 0 Å². The van der Waals surface area contributed by atoms with Crippen LogP contribution in [0, 0.1) is 6.92 Å². The van der Waals surface area contributed by atoms with E-state index in [1.807, 2.05) is 49.4 Å². The molecule has 0 N–H and O–H groups in total. The number of nitrogens with zero attached hydrogens (tertiary/aromatic N) is 5. The molecule has 1 aliphatic heterocycles. The number of ether oxygens (including phenoxy) is 1. The Balaban J connectivity index is 1.38. The molecule has 1 aliphatic rings. The van der Waals surface area contributed by atoms with Crippen LogP contribution in [0.4, 0.5) is 28.4 Å². The lowest BCUT2D eigenvalue weighted by Gasteiger charge is -2.28. The number of morpholine rings is 1. The van der Waals surface area contributed by atoms with E-state index >= 15 is 0 Å². The minimum Gasteiger partial charge on any atom is -0.378 e. The maximum Gasteiger partial charge on any atom is 0.0887 e. The Morgan fingerprint density at radius 1 is 0.750 bits per heavy atom. The van der Waals surface area contributed by atoms with E-state index in [1.165, 1.54) is 11.3 Å². The number of rotatable bonds is 7. The number of hydrogen-bond acceptors (Lipinski definition) is 6. The fraction of sp³-hybridized carbons (Fsp3) is 0.308. The summed E-state index contributed by atoms with van der Waals surface area (Å²) in [6.07, 6.45) is 2.23. The smallest absolute Gasteiger partial charge is 0.0887 e. The van der Waals surface area contributed by atoms with E-state index in [2.05, 4.69) is 56.5 Å². The zero-order valence-corrected chi connectivity index (χ0v) is 18.7. The molecule has 0 spiro atoms. The number of azo groups is 2. The maximum atomic E-state index is 5.41. The van der Waals surface area contributed by atoms with E-state index in [4.69, 9.17) is 4.74 Å². The molecule has 32 heavy (non-hydrogen) atoms. The normalized spacial score (nSPS) is 14.5. The summed E-state index contributed by atoms with van der Waals surface area (Å²) in [5, 5.41) is 17.5. The molecule has 3 aromatic carbocycles. The maximum absolute atomic E-state index is 5.41. The lowest BCUT2D eigenvalue weighted by atomic mass is 10.1. The predicted octanol–water partition coefficient (Wildman–Crippen LogP) is 7.61. The van der Waals surface area contributed by atoms with Gasteiger partial charge >= 0.3 is 0 Å². The van der Waals surface area contributed by atoms with Gasteiger partial charge in [0.1, 0.15) is 0 Å². The van der Waals surface area contributed by atoms with Gasteiger partial charge in [0.2, 0.25) is 0 Å². The highest BCUT2D eigenvalue weighted by atomic mass is 16.5. The zero-order chi connectivity index (χ0) is 22.2. The summed E-state index contributed by atoms with van der Waals surface area (Å²) in [6.45, 7) is 7.60. The highest BCUT2D eigenvalue weighted by molar-refractivity contribution is 5.55. The molecule has 6 nitrogen and oxygen atoms in total. The van der Waals surface area contributed by atoms with Crippen LogP contribution >= 0.6 is 0 Å². The molecule has 164 valence electrons. The van der Waals surface area contributed by atoms with Crippen molar-refractivity contribution in [1.82, 2.24) is 0 Å². The third-order valence-electron chi connectivity index (χ3n) is 5.44. The van der Waals surface area contributed by atoms with Gasteiger partial charge in [-0.15, -0.1) is 0 Å². The molecule has 6 heteroatoms. The first-order valence-electron chi connectivity index (χ1n) is 11.2. The van der Waals surface area contributed by atoms with Crippen molar-refractivity contribution in [3.63, 3.8) is 0 Å². The average molecular weight is 428 g/mol. The lowest BCUT2D eigenvalue weighted by molar-refractivity contribution is 0.122. The van der Waals surface area contributed by atoms with E-state index in [0.29, 0.717) is 0 Å². The Morgan fingerprint density at radius 2 is 1.34 bits per heavy atom. The minimum atomic E-state index is 0.779. The number of anilines is 1. The van der Waals surface area contributed by atoms with Gasteiger partial charge in [-0.25, -0.2) is 0 Å². The zero-order valence-electron chi connectivity index (χ0n) is 18.7. The number of benzene rings is 3. The average Bonchev–Trinajstić information content (AvgIpc) is 2.84. The molecule has 0 aliphatic carbocycles. The minimum absolute atomic E-state index is 0.779. The van der Waals surface area contributed by atoms with E-state index in [1.54, 1.807) is 0 Å². The third kappa shape index (κ3) is 5.86. The van der Waals surface area contributed by atoms with Crippen molar-refractivity contribution in [3.8, 4) is 0 Å². The summed E-state index contributed by atoms with van der Waals surface area (Å²) in [6, 6.07) is 22.2. The standard InChI is InChI=1S/C26H29N5O/c1-3-4-21-5-7-22(8-6-21)28-30-26-14-11-24(19-20(26)2)29-27-23-9-12-25(13-10-23)31-15-17-32-18-16-31/h5-14,19H,3-4,15-18H2,1-2H3/b29-27+,30-28+. The highest BCUT2D eigenvalue weighted by Gasteiger charge is 2.10. The van der Waals surface area contributed by atoms with Crippen molar-refractivity contribution >= 4 is 28.4 Å². The van der Waals surface area contributed by atoms with Gasteiger partial charge in [-0.2, -0.15) is 20.5 Å². The summed E-state index contributed by atoms with van der Waals surface area (Å²) >= 11 is 0. The Kier molecular flexibility index (Phi) is 7.35. The van der Waals surface area contributed by atoms with E-state index in [9.17, 15) is 0 Å². The van der Waals surface area contributed by atoms with Crippen molar-refractivity contribution in [2.75, 3.05) is 31.2 Å². The van der Waals surface area contributed by atoms with Gasteiger partial charge in [0.25, 0.3) is 0 Å². The van der Waals surface area contributed by atoms with Crippen LogP contribution in [-0.2, 0) is 11.2 Å². The Bertz CT molecular complexity index is 1070. The molecule has 3 aromatic rings. The monoisotopic (exact) mass is 427 g/mol. The lowest BCUT2D eigenvalue weighted by Crippen LogP contribution is -2.36. The Morgan fingerprint density at radius 3 is 2.00 bits per heavy atom. The molecule has 0 saturated carbocycles. The largest absolute Gasteiger partial charge is 0.378 e. The first-order valence-corrected chi connectivity index (χ1v) is 11.2. The van der Waals surface area contributed by atoms with Crippen LogP contribution in [0.1, 0.15) is 24.5 Å². The second-order valence-corrected chi connectivity index (χ2v) is 7.90. The van der Waals surface area contributed by atoms with Crippen molar-refractivity contribution in [2.24, 2.45) is 20.5 Å². The summed E-state index contributed by atoms with van der Waals surface area (Å²) in [5.41, 5.74) is 6.84. The first-order chi connectivity index (χ1) is 15.7. The van der Waals surface area contributed by atoms with Crippen LogP contribution in [0.5, 0.6) is 0 Å². The van der Waals surface area contributed by atoms with Gasteiger partial charge in [-0.05, 0) is 79.1 Å². The predicted molar refractivity (Wildman–Crippen MR) is 129 cm³/mol. The van der Waals surface area contributed by atoms with Crippen LogP contribution in [0.3, 0.4) is 0 Å². The molecule has 0 aromatic heterocycles. The molecule has 0 radical (unpaired) electrons. The third-order valence-corrected chi connectivity index (χ3v) is 5.44. The van der Waals surface area contributed by atoms with Crippen molar-refractivity contribution < 1.29 is 4.74 Å². The van der Waals surface area contributed by atoms with Gasteiger partial charge < -0.3 is 9.64 Å². The van der Waals surface area contributed by atoms with Crippen molar-refractivity contribution in [2.45, 2.75) is 26.7 Å². The fourth-order valence-electron chi connectivity index (χ4n) is 3.61. The van der Waals surface area contributed by atoms with E-state index in [-0.39, 0.29) is 0 Å². The molecule has 4 rings (SSSR count). The van der Waals surface area contributed by atoms with Gasteiger partial charge in [0, 0.05) is 18.8 Å². The number of hydrogen-bond donors (Lipinski definition) is 0. The van der Waals surface area contributed by atoms with E-state index in [0.717, 1.165) is 67.5 Å². The Hall–Kier alpha value is -3.38. The van der Waals surface area contributed by atoms with Crippen LogP contribution in [0.25, 0.3) is 0 Å². The quantitative estimate of drug-likeness (QED) is 0.364. The van der Waals surface area contributed by atoms with Crippen LogP contribution in [-0.4, -0.2) is 26.3 Å². The number of aryl methyl sites for hydroxylation is 2. The molecule has 1 fully saturated rings. The first kappa shape index (κ1) is 21.8. The van der Waals surface area contributed by atoms with Gasteiger partial charge in [0.05, 0.1) is 36.0 Å². The van der Waals surface area contributed by atoms with Crippen molar-refractivity contribution in [1.29, 1.82) is 0 Å². The summed E-state index contributed by atoms with van der Waals surface area (Å²) in [5.74, 6) is 0. The van der Waals surface area contributed by atoms with Crippen LogP contribution in [0.15, 0.2) is 87.2 Å². The molecule has 0 atom stereocenters. The molecule has 1 saturated heterocycles. The second kappa shape index (κ2) is 10.8. The van der Waals surface area contributed by atoms with Crippen molar-refractivity contribution in [3.05, 3.63) is 77.9 Å². The topological polar surface area (TPSA) is 61.9 Å². The Labute approximate surface area is 189 Å². The molecular weight excluding hydrogens is 398 g/mol. The molecule has 0 unspecified atom stereocenters. The fourth-order valence-corrected chi connectivity index (χ4v) is 3.61. The van der Waals surface area contributed by atoms with Gasteiger partial charge in [0.15, 0.2) is 0 Å². The molecule has 0 bridgehead atoms. The second-order valence-electron chi connectivity index (χ2n) is 7.90. The van der Waals surface area contributed by atoms with Crippen LogP contribution < -0.4 is 4.90 Å². The highest BCUT2D eigenvalue weighted by Crippen LogP contribution is 2.28. The summed E-state index contributed by atoms with van der Waals surface area (Å²) in [7, 11) is 0. The molecular formula is C26H29N5O. The van der Waals surface area contributed by atoms with E-state index < -0.39 is 0 Å². The molecule has 1 heterocycles. The SMILES string of the molecule is CCCc1ccc(/N=N/c2ccc(/N=N/c3ccc(N4CCOCC4)cc3)cc2C)cc1. The molecule has 0 amide bonds. The summed E-state index contributed by atoms with van der Waals surface area (Å²) in [4.78, 5) is 2.32. The van der Waals surface area contributed by atoms with Gasteiger partial charge in [-0.1, -0.05) is 25.5 Å².